The molecule has 18 heavy (non-hydrogen) atoms. The summed E-state index contributed by atoms with van der Waals surface area (Å²) in [5.41, 5.74) is 6.95. The molecule has 0 bridgehead atoms. The van der Waals surface area contributed by atoms with Crippen LogP contribution in [0.4, 0.5) is 5.69 Å². The highest BCUT2D eigenvalue weighted by Crippen LogP contribution is 2.35. The lowest BCUT2D eigenvalue weighted by Gasteiger charge is -2.18. The molecule has 0 aromatic carbocycles. The second-order valence-electron chi connectivity index (χ2n) is 4.91. The van der Waals surface area contributed by atoms with Crippen molar-refractivity contribution in [1.29, 1.82) is 0 Å². The highest BCUT2D eigenvalue weighted by molar-refractivity contribution is 7.18. The van der Waals surface area contributed by atoms with Gasteiger partial charge in [-0.2, -0.15) is 11.3 Å². The molecule has 2 aromatic heterocycles. The Morgan fingerprint density at radius 3 is 2.67 bits per heavy atom. The first kappa shape index (κ1) is 13.1. The van der Waals surface area contributed by atoms with Crippen molar-refractivity contribution in [3.63, 3.8) is 0 Å². The Bertz CT molecular complexity index is 550. The van der Waals surface area contributed by atoms with Crippen LogP contribution in [0.5, 0.6) is 0 Å². The molecule has 5 heteroatoms. The van der Waals surface area contributed by atoms with E-state index >= 15 is 0 Å². The van der Waals surface area contributed by atoms with Gasteiger partial charge in [0.25, 0.3) is 0 Å². The average molecular weight is 281 g/mol. The van der Waals surface area contributed by atoms with Crippen LogP contribution in [-0.2, 0) is 4.74 Å². The predicted molar refractivity (Wildman–Crippen MR) is 77.2 cm³/mol. The molecule has 96 valence electrons. The van der Waals surface area contributed by atoms with Crippen LogP contribution in [0.1, 0.15) is 30.4 Å². The molecule has 0 fully saturated rings. The van der Waals surface area contributed by atoms with E-state index in [0.717, 1.165) is 10.4 Å². The van der Waals surface area contributed by atoms with Crippen LogP contribution in [0, 0.1) is 0 Å². The Morgan fingerprint density at radius 1 is 1.39 bits per heavy atom. The molecule has 0 spiro atoms. The molecule has 2 heterocycles. The van der Waals surface area contributed by atoms with Gasteiger partial charge in [0.15, 0.2) is 0 Å². The van der Waals surface area contributed by atoms with Gasteiger partial charge in [-0.3, -0.25) is 0 Å². The summed E-state index contributed by atoms with van der Waals surface area (Å²) >= 11 is 2.99. The molecule has 0 aliphatic rings. The summed E-state index contributed by atoms with van der Waals surface area (Å²) in [4.78, 5) is 13.4. The molecule has 3 nitrogen and oxygen atoms in total. The standard InChI is InChI=1S/C13H15NO2S2/c1-13(2,3)16-12(15)11-9(14)6-10(18-11)8-4-5-17-7-8/h4-7H,14H2,1-3H3. The van der Waals surface area contributed by atoms with Gasteiger partial charge in [-0.25, -0.2) is 4.79 Å². The Morgan fingerprint density at radius 2 is 2.11 bits per heavy atom. The summed E-state index contributed by atoms with van der Waals surface area (Å²) in [6.07, 6.45) is 0. The van der Waals surface area contributed by atoms with Gasteiger partial charge in [-0.1, -0.05) is 0 Å². The molecule has 0 amide bonds. The van der Waals surface area contributed by atoms with Crippen molar-refractivity contribution < 1.29 is 9.53 Å². The van der Waals surface area contributed by atoms with Gasteiger partial charge in [0.05, 0.1) is 5.69 Å². The Balaban J connectivity index is 2.27. The number of carbonyl (C=O) groups excluding carboxylic acids is 1. The summed E-state index contributed by atoms with van der Waals surface area (Å²) in [7, 11) is 0. The number of anilines is 1. The zero-order valence-corrected chi connectivity index (χ0v) is 12.2. The SMILES string of the molecule is CC(C)(C)OC(=O)c1sc(-c2ccsc2)cc1N. The Hall–Kier alpha value is -1.33. The third-order valence-electron chi connectivity index (χ3n) is 2.15. The number of esters is 1. The van der Waals surface area contributed by atoms with Crippen LogP contribution in [0.2, 0.25) is 0 Å². The lowest BCUT2D eigenvalue weighted by molar-refractivity contribution is 0.00764. The summed E-state index contributed by atoms with van der Waals surface area (Å²) in [6, 6.07) is 3.83. The highest BCUT2D eigenvalue weighted by atomic mass is 32.1. The van der Waals surface area contributed by atoms with E-state index in [1.54, 1.807) is 11.3 Å². The minimum atomic E-state index is -0.504. The van der Waals surface area contributed by atoms with Crippen molar-refractivity contribution in [3.05, 3.63) is 27.8 Å². The van der Waals surface area contributed by atoms with E-state index in [9.17, 15) is 4.79 Å². The zero-order valence-electron chi connectivity index (χ0n) is 10.5. The normalized spacial score (nSPS) is 11.5. The maximum Gasteiger partial charge on any atom is 0.350 e. The fourth-order valence-electron chi connectivity index (χ4n) is 1.44. The minimum absolute atomic E-state index is 0.355. The van der Waals surface area contributed by atoms with E-state index in [2.05, 4.69) is 0 Å². The number of nitrogen functional groups attached to an aromatic ring is 1. The highest BCUT2D eigenvalue weighted by Gasteiger charge is 2.22. The summed E-state index contributed by atoms with van der Waals surface area (Å²) < 4.78 is 5.33. The van der Waals surface area contributed by atoms with Crippen molar-refractivity contribution in [2.75, 3.05) is 5.73 Å². The van der Waals surface area contributed by atoms with Crippen LogP contribution in [0.15, 0.2) is 22.9 Å². The van der Waals surface area contributed by atoms with Crippen LogP contribution < -0.4 is 5.73 Å². The first-order valence-corrected chi connectivity index (χ1v) is 7.28. The van der Waals surface area contributed by atoms with E-state index in [1.807, 2.05) is 43.7 Å². The molecule has 0 aliphatic heterocycles. The van der Waals surface area contributed by atoms with Gasteiger partial charge in [-0.15, -0.1) is 11.3 Å². The molecule has 0 saturated heterocycles. The number of ether oxygens (including phenoxy) is 1. The topological polar surface area (TPSA) is 52.3 Å². The second-order valence-corrected chi connectivity index (χ2v) is 6.74. The third kappa shape index (κ3) is 2.91. The molecule has 0 unspecified atom stereocenters. The quantitative estimate of drug-likeness (QED) is 0.846. The van der Waals surface area contributed by atoms with E-state index in [4.69, 9.17) is 10.5 Å². The fourth-order valence-corrected chi connectivity index (χ4v) is 3.12. The van der Waals surface area contributed by atoms with Crippen molar-refractivity contribution in [2.24, 2.45) is 0 Å². The van der Waals surface area contributed by atoms with Crippen LogP contribution >= 0.6 is 22.7 Å². The molecule has 0 atom stereocenters. The maximum atomic E-state index is 12.0. The van der Waals surface area contributed by atoms with Gasteiger partial charge in [0.2, 0.25) is 0 Å². The lowest BCUT2D eigenvalue weighted by Crippen LogP contribution is -2.23. The van der Waals surface area contributed by atoms with Crippen molar-refractivity contribution in [3.8, 4) is 10.4 Å². The minimum Gasteiger partial charge on any atom is -0.456 e. The number of hydrogen-bond acceptors (Lipinski definition) is 5. The van der Waals surface area contributed by atoms with E-state index in [1.165, 1.54) is 11.3 Å². The molecule has 2 N–H and O–H groups in total. The second kappa shape index (κ2) is 4.74. The van der Waals surface area contributed by atoms with Gasteiger partial charge in [0, 0.05) is 10.4 Å². The maximum absolute atomic E-state index is 12.0. The van der Waals surface area contributed by atoms with Crippen molar-refractivity contribution >= 4 is 34.3 Å². The summed E-state index contributed by atoms with van der Waals surface area (Å²) in [6.45, 7) is 5.53. The average Bonchev–Trinajstić information content (AvgIpc) is 2.82. The van der Waals surface area contributed by atoms with Crippen LogP contribution in [-0.4, -0.2) is 11.6 Å². The molecular formula is C13H15NO2S2. The molecular weight excluding hydrogens is 266 g/mol. The van der Waals surface area contributed by atoms with Gasteiger partial charge >= 0.3 is 5.97 Å². The van der Waals surface area contributed by atoms with Crippen LogP contribution in [0.25, 0.3) is 10.4 Å². The summed E-state index contributed by atoms with van der Waals surface area (Å²) in [5.74, 6) is -0.355. The Kier molecular flexibility index (Phi) is 3.45. The first-order valence-electron chi connectivity index (χ1n) is 5.52. The number of nitrogens with two attached hydrogens (primary N) is 1. The number of carbonyl (C=O) groups is 1. The molecule has 2 aromatic rings. The molecule has 0 saturated carbocycles. The van der Waals surface area contributed by atoms with Crippen molar-refractivity contribution in [1.82, 2.24) is 0 Å². The molecule has 2 rings (SSSR count). The van der Waals surface area contributed by atoms with E-state index in [0.29, 0.717) is 10.6 Å². The largest absolute Gasteiger partial charge is 0.456 e. The predicted octanol–water partition coefficient (Wildman–Crippen LogP) is 4.01. The molecule has 0 aliphatic carbocycles. The number of thiophene rings is 2. The van der Waals surface area contributed by atoms with Gasteiger partial charge in [-0.05, 0) is 43.7 Å². The van der Waals surface area contributed by atoms with Crippen molar-refractivity contribution in [2.45, 2.75) is 26.4 Å². The number of hydrogen-bond donors (Lipinski definition) is 1. The fraction of sp³-hybridized carbons (Fsp3) is 0.308. The smallest absolute Gasteiger partial charge is 0.350 e. The monoisotopic (exact) mass is 281 g/mol. The summed E-state index contributed by atoms with van der Waals surface area (Å²) in [5, 5.41) is 4.03. The lowest BCUT2D eigenvalue weighted by atomic mass is 10.2. The Labute approximate surface area is 114 Å². The third-order valence-corrected chi connectivity index (χ3v) is 4.01. The van der Waals surface area contributed by atoms with Gasteiger partial charge < -0.3 is 10.5 Å². The number of rotatable bonds is 2. The molecule has 0 radical (unpaired) electrons. The van der Waals surface area contributed by atoms with E-state index < -0.39 is 5.60 Å². The first-order chi connectivity index (χ1) is 8.37. The van der Waals surface area contributed by atoms with Crippen LogP contribution in [0.3, 0.4) is 0 Å². The van der Waals surface area contributed by atoms with E-state index in [-0.39, 0.29) is 5.97 Å². The van der Waals surface area contributed by atoms with Gasteiger partial charge in [0.1, 0.15) is 10.5 Å². The zero-order chi connectivity index (χ0) is 13.3.